The topological polar surface area (TPSA) is 122 Å². The fourth-order valence-electron chi connectivity index (χ4n) is 3.01. The zero-order valence-corrected chi connectivity index (χ0v) is 17.6. The molecule has 4 rings (SSSR count). The molecule has 0 saturated carbocycles. The molecule has 34 heavy (non-hydrogen) atoms. The van der Waals surface area contributed by atoms with Crippen LogP contribution in [-0.2, 0) is 6.18 Å². The SMILES string of the molecule is N#C/C(=C\Nc1cccc(C(F)(F)F)c1)c1nc(-c2cc3cc([N+](=O)[O-])ccc3oc2=O)cs1. The van der Waals surface area contributed by atoms with Crippen LogP contribution in [0, 0.1) is 21.4 Å². The maximum Gasteiger partial charge on any atom is 0.416 e. The molecule has 0 amide bonds. The van der Waals surface area contributed by atoms with E-state index in [0.29, 0.717) is 5.39 Å². The van der Waals surface area contributed by atoms with E-state index in [2.05, 4.69) is 10.3 Å². The standard InChI is InChI=1S/C22H11F3N4O4S/c23-22(24,25)14-2-1-3-15(8-14)27-10-13(9-26)20-28-18(11-34-20)17-7-12-6-16(29(31)32)4-5-19(12)33-21(17)30/h1-8,10-11,27H/b13-10+. The number of alkyl halides is 3. The van der Waals surface area contributed by atoms with E-state index in [1.165, 1.54) is 48.0 Å². The second kappa shape index (κ2) is 8.80. The van der Waals surface area contributed by atoms with E-state index in [9.17, 15) is 33.3 Å². The highest BCUT2D eigenvalue weighted by Gasteiger charge is 2.30. The van der Waals surface area contributed by atoms with E-state index in [4.69, 9.17) is 4.42 Å². The molecule has 170 valence electrons. The van der Waals surface area contributed by atoms with Crippen molar-refractivity contribution in [3.05, 3.63) is 91.2 Å². The average Bonchev–Trinajstić information content (AvgIpc) is 3.28. The van der Waals surface area contributed by atoms with Crippen LogP contribution in [0.5, 0.6) is 0 Å². The molecule has 0 atom stereocenters. The average molecular weight is 484 g/mol. The number of allylic oxidation sites excluding steroid dienone is 1. The molecule has 2 aromatic carbocycles. The van der Waals surface area contributed by atoms with Crippen molar-refractivity contribution in [2.45, 2.75) is 6.18 Å². The number of nitriles is 1. The van der Waals surface area contributed by atoms with Gasteiger partial charge in [-0.3, -0.25) is 10.1 Å². The molecule has 0 aliphatic rings. The number of halogens is 3. The summed E-state index contributed by atoms with van der Waals surface area (Å²) in [5.41, 5.74) is -1.21. The predicted octanol–water partition coefficient (Wildman–Crippen LogP) is 5.82. The van der Waals surface area contributed by atoms with E-state index in [-0.39, 0.29) is 38.8 Å². The third-order valence-electron chi connectivity index (χ3n) is 4.63. The summed E-state index contributed by atoms with van der Waals surface area (Å²) >= 11 is 1.03. The van der Waals surface area contributed by atoms with Gasteiger partial charge in [0.1, 0.15) is 22.2 Å². The molecule has 0 fully saturated rings. The Kier molecular flexibility index (Phi) is 5.87. The lowest BCUT2D eigenvalue weighted by Crippen LogP contribution is -2.05. The Morgan fingerprint density at radius 3 is 2.74 bits per heavy atom. The van der Waals surface area contributed by atoms with Gasteiger partial charge in [0.05, 0.1) is 21.7 Å². The molecule has 0 aliphatic heterocycles. The Hall–Kier alpha value is -4.50. The van der Waals surface area contributed by atoms with Crippen LogP contribution in [-0.4, -0.2) is 9.91 Å². The largest absolute Gasteiger partial charge is 0.422 e. The summed E-state index contributed by atoms with van der Waals surface area (Å²) < 4.78 is 43.9. The smallest absolute Gasteiger partial charge is 0.416 e. The van der Waals surface area contributed by atoms with Crippen molar-refractivity contribution >= 4 is 39.3 Å². The number of anilines is 1. The van der Waals surface area contributed by atoms with Crippen LogP contribution < -0.4 is 10.9 Å². The molecule has 0 spiro atoms. The summed E-state index contributed by atoms with van der Waals surface area (Å²) in [7, 11) is 0. The highest BCUT2D eigenvalue weighted by Crippen LogP contribution is 2.31. The van der Waals surface area contributed by atoms with Crippen molar-refractivity contribution in [3.8, 4) is 17.3 Å². The Morgan fingerprint density at radius 1 is 1.24 bits per heavy atom. The maximum atomic E-state index is 12.9. The molecule has 8 nitrogen and oxygen atoms in total. The minimum atomic E-state index is -4.51. The molecular weight excluding hydrogens is 473 g/mol. The first kappa shape index (κ1) is 22.7. The molecule has 2 heterocycles. The predicted molar refractivity (Wildman–Crippen MR) is 119 cm³/mol. The first-order chi connectivity index (χ1) is 16.2. The molecule has 0 aliphatic carbocycles. The number of rotatable bonds is 5. The number of benzene rings is 2. The van der Waals surface area contributed by atoms with Crippen LogP contribution in [0.25, 0.3) is 27.8 Å². The fraction of sp³-hybridized carbons (Fsp3) is 0.0455. The summed E-state index contributed by atoms with van der Waals surface area (Å²) in [4.78, 5) is 27.1. The third-order valence-corrected chi connectivity index (χ3v) is 5.51. The van der Waals surface area contributed by atoms with Gasteiger partial charge in [-0.15, -0.1) is 11.3 Å². The van der Waals surface area contributed by atoms with Crippen molar-refractivity contribution in [1.82, 2.24) is 4.98 Å². The number of hydrogen-bond acceptors (Lipinski definition) is 8. The van der Waals surface area contributed by atoms with Crippen LogP contribution >= 0.6 is 11.3 Å². The number of nitrogens with one attached hydrogen (secondary N) is 1. The van der Waals surface area contributed by atoms with Crippen molar-refractivity contribution in [3.63, 3.8) is 0 Å². The van der Waals surface area contributed by atoms with E-state index >= 15 is 0 Å². The molecular formula is C22H11F3N4O4S. The van der Waals surface area contributed by atoms with E-state index < -0.39 is 22.3 Å². The number of thiazole rings is 1. The zero-order chi connectivity index (χ0) is 24.5. The van der Waals surface area contributed by atoms with Crippen LogP contribution in [0.2, 0.25) is 0 Å². The van der Waals surface area contributed by atoms with Gasteiger partial charge in [0.25, 0.3) is 5.69 Å². The minimum absolute atomic E-state index is 0.0227. The first-order valence-electron chi connectivity index (χ1n) is 9.38. The minimum Gasteiger partial charge on any atom is -0.422 e. The van der Waals surface area contributed by atoms with Gasteiger partial charge in [0.15, 0.2) is 0 Å². The second-order valence-electron chi connectivity index (χ2n) is 6.86. The van der Waals surface area contributed by atoms with Crippen molar-refractivity contribution in [2.75, 3.05) is 5.32 Å². The van der Waals surface area contributed by atoms with E-state index in [1.54, 1.807) is 0 Å². The Labute approximate surface area is 192 Å². The number of aromatic nitrogens is 1. The Morgan fingerprint density at radius 2 is 2.03 bits per heavy atom. The summed E-state index contributed by atoms with van der Waals surface area (Å²) in [6.45, 7) is 0. The number of nitro groups is 1. The lowest BCUT2D eigenvalue weighted by Gasteiger charge is -2.08. The monoisotopic (exact) mass is 484 g/mol. The molecule has 4 aromatic rings. The highest BCUT2D eigenvalue weighted by atomic mass is 32.1. The summed E-state index contributed by atoms with van der Waals surface area (Å²) in [6.07, 6.45) is -3.30. The number of fused-ring (bicyclic) bond motifs is 1. The number of hydrogen-bond donors (Lipinski definition) is 1. The van der Waals surface area contributed by atoms with E-state index in [0.717, 1.165) is 23.5 Å². The van der Waals surface area contributed by atoms with Gasteiger partial charge in [0, 0.05) is 34.8 Å². The van der Waals surface area contributed by atoms with Gasteiger partial charge >= 0.3 is 11.8 Å². The van der Waals surface area contributed by atoms with Crippen molar-refractivity contribution < 1.29 is 22.5 Å². The molecule has 0 saturated heterocycles. The molecule has 12 heteroatoms. The summed E-state index contributed by atoms with van der Waals surface area (Å²) in [5.74, 6) is 0. The third kappa shape index (κ3) is 4.64. The summed E-state index contributed by atoms with van der Waals surface area (Å²) in [6, 6.07) is 11.6. The lowest BCUT2D eigenvalue weighted by atomic mass is 10.1. The number of nitro benzene ring substituents is 1. The van der Waals surface area contributed by atoms with Gasteiger partial charge in [-0.25, -0.2) is 9.78 Å². The quantitative estimate of drug-likeness (QED) is 0.164. The van der Waals surface area contributed by atoms with Gasteiger partial charge in [-0.1, -0.05) is 6.07 Å². The summed E-state index contributed by atoms with van der Waals surface area (Å²) in [5, 5.41) is 25.2. The van der Waals surface area contributed by atoms with Crippen molar-refractivity contribution in [1.29, 1.82) is 5.26 Å². The van der Waals surface area contributed by atoms with Crippen LogP contribution in [0.4, 0.5) is 24.5 Å². The maximum absolute atomic E-state index is 12.9. The number of non-ortho nitro benzene ring substituents is 1. The lowest BCUT2D eigenvalue weighted by molar-refractivity contribution is -0.384. The second-order valence-corrected chi connectivity index (χ2v) is 7.72. The molecule has 0 unspecified atom stereocenters. The van der Waals surface area contributed by atoms with Crippen LogP contribution in [0.1, 0.15) is 10.6 Å². The molecule has 1 N–H and O–H groups in total. The van der Waals surface area contributed by atoms with Crippen LogP contribution in [0.3, 0.4) is 0 Å². The Balaban J connectivity index is 1.65. The van der Waals surface area contributed by atoms with Crippen LogP contribution in [0.15, 0.2) is 69.3 Å². The molecule has 2 aromatic heterocycles. The van der Waals surface area contributed by atoms with Gasteiger partial charge in [-0.2, -0.15) is 18.4 Å². The first-order valence-corrected chi connectivity index (χ1v) is 10.3. The van der Waals surface area contributed by atoms with Gasteiger partial charge in [-0.05, 0) is 30.3 Å². The highest BCUT2D eigenvalue weighted by molar-refractivity contribution is 7.11. The van der Waals surface area contributed by atoms with Gasteiger partial charge < -0.3 is 9.73 Å². The fourth-order valence-corrected chi connectivity index (χ4v) is 3.79. The molecule has 0 bridgehead atoms. The van der Waals surface area contributed by atoms with E-state index in [1.807, 2.05) is 6.07 Å². The Bertz CT molecular complexity index is 1550. The normalized spacial score (nSPS) is 11.9. The van der Waals surface area contributed by atoms with Gasteiger partial charge in [0.2, 0.25) is 0 Å². The van der Waals surface area contributed by atoms with Crippen molar-refractivity contribution in [2.24, 2.45) is 0 Å². The zero-order valence-electron chi connectivity index (χ0n) is 16.8. The molecule has 0 radical (unpaired) electrons. The number of nitrogens with zero attached hydrogens (tertiary/aromatic N) is 3.